The molecule has 2 heterocycles. The number of carbonyl (C=O) groups excluding carboxylic acids is 1. The smallest absolute Gasteiger partial charge is 0.399 e. The quantitative estimate of drug-likeness (QED) is 0.787. The molecule has 0 N–H and O–H groups in total. The Hall–Kier alpha value is -1.33. The summed E-state index contributed by atoms with van der Waals surface area (Å²) in [7, 11) is -0.380. The number of likely N-dealkylation sites (tertiary alicyclic amines) is 1. The van der Waals surface area contributed by atoms with Gasteiger partial charge in [-0.15, -0.1) is 0 Å². The van der Waals surface area contributed by atoms with Crippen LogP contribution in [-0.2, 0) is 9.31 Å². The Balaban J connectivity index is 1.81. The van der Waals surface area contributed by atoms with E-state index in [0.717, 1.165) is 42.5 Å². The fourth-order valence-corrected chi connectivity index (χ4v) is 3.14. The Morgan fingerprint density at radius 2 is 1.65 bits per heavy atom. The zero-order valence-electron chi connectivity index (χ0n) is 14.8. The lowest BCUT2D eigenvalue weighted by molar-refractivity contribution is 0.00578. The van der Waals surface area contributed by atoms with E-state index in [0.29, 0.717) is 0 Å². The van der Waals surface area contributed by atoms with Crippen molar-refractivity contribution in [2.24, 2.45) is 0 Å². The van der Waals surface area contributed by atoms with Gasteiger partial charge in [-0.05, 0) is 64.6 Å². The van der Waals surface area contributed by atoms with E-state index in [1.807, 2.05) is 57.7 Å². The molecule has 0 radical (unpaired) electrons. The van der Waals surface area contributed by atoms with Crippen molar-refractivity contribution in [1.29, 1.82) is 0 Å². The van der Waals surface area contributed by atoms with Gasteiger partial charge in [-0.25, -0.2) is 0 Å². The number of hydrogen-bond acceptors (Lipinski definition) is 3. The zero-order valence-corrected chi connectivity index (χ0v) is 14.8. The second-order valence-corrected chi connectivity index (χ2v) is 7.66. The highest BCUT2D eigenvalue weighted by Crippen LogP contribution is 2.36. The minimum atomic E-state index is -0.380. The van der Waals surface area contributed by atoms with Crippen molar-refractivity contribution in [2.75, 3.05) is 13.1 Å². The number of amides is 1. The summed E-state index contributed by atoms with van der Waals surface area (Å²) in [6, 6.07) is 5.89. The third-order valence-electron chi connectivity index (χ3n) is 5.40. The largest absolute Gasteiger partial charge is 0.494 e. The minimum Gasteiger partial charge on any atom is -0.399 e. The van der Waals surface area contributed by atoms with Gasteiger partial charge < -0.3 is 14.2 Å². The highest BCUT2D eigenvalue weighted by Gasteiger charge is 2.51. The molecule has 2 fully saturated rings. The van der Waals surface area contributed by atoms with Crippen LogP contribution in [0.3, 0.4) is 0 Å². The van der Waals surface area contributed by atoms with Crippen LogP contribution in [0.1, 0.15) is 56.5 Å². The molecule has 1 aromatic rings. The van der Waals surface area contributed by atoms with Crippen LogP contribution in [-0.4, -0.2) is 42.2 Å². The molecule has 2 aliphatic heterocycles. The average molecular weight is 315 g/mol. The first kappa shape index (κ1) is 16.5. The summed E-state index contributed by atoms with van der Waals surface area (Å²) < 4.78 is 12.2. The van der Waals surface area contributed by atoms with Crippen LogP contribution in [0.4, 0.5) is 0 Å². The molecule has 0 aliphatic carbocycles. The lowest BCUT2D eigenvalue weighted by Gasteiger charge is -2.32. The molecule has 2 aliphatic rings. The molecule has 0 spiro atoms. The van der Waals surface area contributed by atoms with Crippen molar-refractivity contribution >= 4 is 18.5 Å². The predicted octanol–water partition coefficient (Wildman–Crippen LogP) is 2.53. The van der Waals surface area contributed by atoms with Crippen LogP contribution in [0.15, 0.2) is 18.2 Å². The summed E-state index contributed by atoms with van der Waals surface area (Å²) in [5.41, 5.74) is 2.03. The summed E-state index contributed by atoms with van der Waals surface area (Å²) in [5.74, 6) is 0.139. The van der Waals surface area contributed by atoms with E-state index in [2.05, 4.69) is 0 Å². The highest BCUT2D eigenvalue weighted by molar-refractivity contribution is 6.62. The third kappa shape index (κ3) is 2.92. The second-order valence-electron chi connectivity index (χ2n) is 7.66. The van der Waals surface area contributed by atoms with Crippen molar-refractivity contribution in [3.63, 3.8) is 0 Å². The standard InChI is InChI=1S/C18H26BNO3/c1-13-12-14(19-22-17(2,3)18(4,5)23-19)8-9-15(13)16(21)20-10-6-7-11-20/h8-9,12H,6-7,10-11H2,1-5H3. The van der Waals surface area contributed by atoms with Gasteiger partial charge in [0.1, 0.15) is 0 Å². The van der Waals surface area contributed by atoms with Gasteiger partial charge in [0.05, 0.1) is 11.2 Å². The van der Waals surface area contributed by atoms with Crippen molar-refractivity contribution < 1.29 is 14.1 Å². The Morgan fingerprint density at radius 3 is 2.17 bits per heavy atom. The zero-order chi connectivity index (χ0) is 16.8. The molecule has 1 amide bonds. The van der Waals surface area contributed by atoms with Gasteiger partial charge in [0, 0.05) is 18.7 Å². The van der Waals surface area contributed by atoms with Gasteiger partial charge in [-0.2, -0.15) is 0 Å². The molecule has 0 aromatic heterocycles. The first-order valence-corrected chi connectivity index (χ1v) is 8.47. The van der Waals surface area contributed by atoms with Crippen molar-refractivity contribution in [3.05, 3.63) is 29.3 Å². The molecule has 5 heteroatoms. The molecule has 0 unspecified atom stereocenters. The maximum Gasteiger partial charge on any atom is 0.494 e. The number of carbonyl (C=O) groups is 1. The van der Waals surface area contributed by atoms with E-state index in [1.54, 1.807) is 0 Å². The molecule has 0 saturated carbocycles. The molecule has 1 aromatic carbocycles. The SMILES string of the molecule is Cc1cc(B2OC(C)(C)C(C)(C)O2)ccc1C(=O)N1CCCC1. The lowest BCUT2D eigenvalue weighted by atomic mass is 9.78. The van der Waals surface area contributed by atoms with Crippen LogP contribution in [0.5, 0.6) is 0 Å². The monoisotopic (exact) mass is 315 g/mol. The van der Waals surface area contributed by atoms with Crippen molar-refractivity contribution in [3.8, 4) is 0 Å². The molecule has 4 nitrogen and oxygen atoms in total. The third-order valence-corrected chi connectivity index (χ3v) is 5.40. The predicted molar refractivity (Wildman–Crippen MR) is 92.0 cm³/mol. The highest BCUT2D eigenvalue weighted by atomic mass is 16.7. The van der Waals surface area contributed by atoms with Crippen LogP contribution in [0.25, 0.3) is 0 Å². The van der Waals surface area contributed by atoms with E-state index in [9.17, 15) is 4.79 Å². The maximum absolute atomic E-state index is 12.6. The summed E-state index contributed by atoms with van der Waals surface area (Å²) in [5, 5.41) is 0. The van der Waals surface area contributed by atoms with Gasteiger partial charge in [0.15, 0.2) is 0 Å². The molecule has 23 heavy (non-hydrogen) atoms. The van der Waals surface area contributed by atoms with Gasteiger partial charge in [0.25, 0.3) is 5.91 Å². The van der Waals surface area contributed by atoms with Gasteiger partial charge >= 0.3 is 7.12 Å². The first-order valence-electron chi connectivity index (χ1n) is 8.47. The van der Waals surface area contributed by atoms with Crippen molar-refractivity contribution in [2.45, 2.75) is 58.7 Å². The topological polar surface area (TPSA) is 38.8 Å². The fraction of sp³-hybridized carbons (Fsp3) is 0.611. The minimum absolute atomic E-state index is 0.139. The van der Waals surface area contributed by atoms with E-state index < -0.39 is 0 Å². The van der Waals surface area contributed by atoms with E-state index in [1.165, 1.54) is 0 Å². The molecule has 0 atom stereocenters. The van der Waals surface area contributed by atoms with Crippen LogP contribution >= 0.6 is 0 Å². The van der Waals surface area contributed by atoms with Gasteiger partial charge in [0.2, 0.25) is 0 Å². The fourth-order valence-electron chi connectivity index (χ4n) is 3.14. The number of nitrogens with zero attached hydrogens (tertiary/aromatic N) is 1. The van der Waals surface area contributed by atoms with Gasteiger partial charge in [-0.3, -0.25) is 4.79 Å². The molecule has 124 valence electrons. The number of hydrogen-bond donors (Lipinski definition) is 0. The normalized spacial score (nSPS) is 22.7. The first-order chi connectivity index (χ1) is 10.7. The van der Waals surface area contributed by atoms with Crippen LogP contribution < -0.4 is 5.46 Å². The lowest BCUT2D eigenvalue weighted by Crippen LogP contribution is -2.41. The summed E-state index contributed by atoms with van der Waals surface area (Å²) in [6.45, 7) is 11.9. The average Bonchev–Trinajstić information content (AvgIpc) is 3.05. The Bertz CT molecular complexity index is 605. The summed E-state index contributed by atoms with van der Waals surface area (Å²) >= 11 is 0. The van der Waals surface area contributed by atoms with Crippen LogP contribution in [0, 0.1) is 6.92 Å². The maximum atomic E-state index is 12.6. The molecular formula is C18H26BNO3. The molecule has 0 bridgehead atoms. The van der Waals surface area contributed by atoms with Crippen LogP contribution in [0.2, 0.25) is 0 Å². The molecule has 3 rings (SSSR count). The number of rotatable bonds is 2. The Kier molecular flexibility index (Phi) is 4.05. The molecular weight excluding hydrogens is 289 g/mol. The summed E-state index contributed by atoms with van der Waals surface area (Å²) in [4.78, 5) is 14.5. The van der Waals surface area contributed by atoms with E-state index in [4.69, 9.17) is 9.31 Å². The number of benzene rings is 1. The second kappa shape index (κ2) is 5.64. The summed E-state index contributed by atoms with van der Waals surface area (Å²) in [6.07, 6.45) is 2.22. The van der Waals surface area contributed by atoms with E-state index in [-0.39, 0.29) is 24.2 Å². The molecule has 2 saturated heterocycles. The Labute approximate surface area is 139 Å². The van der Waals surface area contributed by atoms with Crippen molar-refractivity contribution in [1.82, 2.24) is 4.90 Å². The Morgan fingerprint density at radius 1 is 1.09 bits per heavy atom. The van der Waals surface area contributed by atoms with E-state index >= 15 is 0 Å². The van der Waals surface area contributed by atoms with Gasteiger partial charge in [-0.1, -0.05) is 12.1 Å². The number of aryl methyl sites for hydroxylation is 1.